The molecule has 162 valence electrons. The maximum atomic E-state index is 4.87. The SMILES string of the molecule is CC12C=CC1(C)C1N(c3ccccc3)c3nccnc3N1c1cc(C3=CC=CCC3)ccc12. The molecule has 0 radical (unpaired) electrons. The normalized spacial score (nSPS) is 28.4. The van der Waals surface area contributed by atoms with E-state index in [4.69, 9.17) is 9.97 Å². The van der Waals surface area contributed by atoms with Crippen LogP contribution in [0.1, 0.15) is 37.8 Å². The molecule has 2 aliphatic heterocycles. The highest BCUT2D eigenvalue weighted by atomic mass is 15.5. The Labute approximate surface area is 194 Å². The molecule has 0 spiro atoms. The molecule has 0 bridgehead atoms. The first kappa shape index (κ1) is 18.9. The smallest absolute Gasteiger partial charge is 0.178 e. The number of aromatic nitrogens is 2. The lowest BCUT2D eigenvalue weighted by Crippen LogP contribution is -2.64. The van der Waals surface area contributed by atoms with Gasteiger partial charge >= 0.3 is 0 Å². The summed E-state index contributed by atoms with van der Waals surface area (Å²) in [6, 6.07) is 17.7. The molecule has 4 nitrogen and oxygen atoms in total. The lowest BCUT2D eigenvalue weighted by Gasteiger charge is -2.61. The van der Waals surface area contributed by atoms with Crippen molar-refractivity contribution in [2.24, 2.45) is 5.41 Å². The van der Waals surface area contributed by atoms with Gasteiger partial charge in [-0.1, -0.05) is 74.6 Å². The third-order valence-electron chi connectivity index (χ3n) is 8.26. The van der Waals surface area contributed by atoms with Crippen LogP contribution in [0, 0.1) is 5.41 Å². The first-order valence-electron chi connectivity index (χ1n) is 11.8. The molecule has 3 unspecified atom stereocenters. The van der Waals surface area contributed by atoms with Crippen LogP contribution in [-0.2, 0) is 5.41 Å². The van der Waals surface area contributed by atoms with Crippen LogP contribution in [-0.4, -0.2) is 16.1 Å². The topological polar surface area (TPSA) is 32.3 Å². The molecule has 0 amide bonds. The Morgan fingerprint density at radius 2 is 1.70 bits per heavy atom. The van der Waals surface area contributed by atoms with Gasteiger partial charge in [0.1, 0.15) is 6.17 Å². The van der Waals surface area contributed by atoms with Gasteiger partial charge < -0.3 is 9.80 Å². The number of fused-ring (bicyclic) bond motifs is 8. The highest BCUT2D eigenvalue weighted by Crippen LogP contribution is 2.66. The van der Waals surface area contributed by atoms with E-state index in [-0.39, 0.29) is 17.0 Å². The van der Waals surface area contributed by atoms with Crippen LogP contribution in [0.15, 0.2) is 91.3 Å². The van der Waals surface area contributed by atoms with Crippen molar-refractivity contribution in [3.05, 3.63) is 102 Å². The monoisotopic (exact) mass is 430 g/mol. The van der Waals surface area contributed by atoms with Gasteiger partial charge in [-0.2, -0.15) is 0 Å². The predicted octanol–water partition coefficient (Wildman–Crippen LogP) is 6.67. The summed E-state index contributed by atoms with van der Waals surface area (Å²) in [4.78, 5) is 14.5. The summed E-state index contributed by atoms with van der Waals surface area (Å²) in [6.07, 6.45) is 17.3. The molecule has 0 N–H and O–H groups in total. The minimum atomic E-state index is -0.0907. The van der Waals surface area contributed by atoms with Crippen molar-refractivity contribution >= 4 is 28.6 Å². The Morgan fingerprint density at radius 3 is 2.39 bits per heavy atom. The number of rotatable bonds is 2. The summed E-state index contributed by atoms with van der Waals surface area (Å²) in [5.41, 5.74) is 6.32. The van der Waals surface area contributed by atoms with E-state index >= 15 is 0 Å². The van der Waals surface area contributed by atoms with Crippen molar-refractivity contribution < 1.29 is 0 Å². The number of anilines is 4. The third-order valence-corrected chi connectivity index (χ3v) is 8.26. The highest BCUT2D eigenvalue weighted by Gasteiger charge is 2.64. The zero-order valence-corrected chi connectivity index (χ0v) is 18.9. The van der Waals surface area contributed by atoms with Gasteiger partial charge in [0.15, 0.2) is 11.6 Å². The van der Waals surface area contributed by atoms with E-state index in [0.29, 0.717) is 0 Å². The van der Waals surface area contributed by atoms with Gasteiger partial charge in [0.25, 0.3) is 0 Å². The van der Waals surface area contributed by atoms with Crippen LogP contribution in [0.2, 0.25) is 0 Å². The van der Waals surface area contributed by atoms with E-state index in [1.54, 1.807) is 0 Å². The Kier molecular flexibility index (Phi) is 3.68. The van der Waals surface area contributed by atoms with E-state index in [1.165, 1.54) is 22.4 Å². The van der Waals surface area contributed by atoms with Gasteiger partial charge in [0, 0.05) is 34.6 Å². The lowest BCUT2D eigenvalue weighted by atomic mass is 9.50. The van der Waals surface area contributed by atoms with Crippen LogP contribution in [0.25, 0.3) is 5.57 Å². The number of hydrogen-bond donors (Lipinski definition) is 0. The second-order valence-corrected chi connectivity index (χ2v) is 9.86. The van der Waals surface area contributed by atoms with Crippen molar-refractivity contribution in [2.75, 3.05) is 9.80 Å². The van der Waals surface area contributed by atoms with Gasteiger partial charge in [-0.3, -0.25) is 0 Å². The van der Waals surface area contributed by atoms with Crippen molar-refractivity contribution in [3.63, 3.8) is 0 Å². The number of benzene rings is 2. The maximum Gasteiger partial charge on any atom is 0.178 e. The molecule has 3 heterocycles. The lowest BCUT2D eigenvalue weighted by molar-refractivity contribution is 0.174. The first-order valence-corrected chi connectivity index (χ1v) is 11.8. The molecular weight excluding hydrogens is 404 g/mol. The molecule has 2 aliphatic carbocycles. The molecule has 0 fully saturated rings. The number of allylic oxidation sites excluding steroid dienone is 5. The van der Waals surface area contributed by atoms with Gasteiger partial charge in [0.2, 0.25) is 0 Å². The number of hydrogen-bond acceptors (Lipinski definition) is 4. The molecule has 3 atom stereocenters. The predicted molar refractivity (Wildman–Crippen MR) is 134 cm³/mol. The van der Waals surface area contributed by atoms with Crippen LogP contribution >= 0.6 is 0 Å². The first-order chi connectivity index (χ1) is 16.1. The van der Waals surface area contributed by atoms with Gasteiger partial charge in [-0.05, 0) is 47.7 Å². The summed E-state index contributed by atoms with van der Waals surface area (Å²) >= 11 is 0. The summed E-state index contributed by atoms with van der Waals surface area (Å²) in [6.45, 7) is 4.77. The van der Waals surface area contributed by atoms with Crippen molar-refractivity contribution in [2.45, 2.75) is 38.3 Å². The summed E-state index contributed by atoms with van der Waals surface area (Å²) in [5, 5.41) is 0. The average molecular weight is 431 g/mol. The molecule has 1 aromatic heterocycles. The van der Waals surface area contributed by atoms with E-state index in [9.17, 15) is 0 Å². The minimum absolute atomic E-state index is 0.0576. The second-order valence-electron chi connectivity index (χ2n) is 9.86. The largest absolute Gasteiger partial charge is 0.301 e. The Balaban J connectivity index is 1.50. The van der Waals surface area contributed by atoms with Crippen molar-refractivity contribution in [1.29, 1.82) is 0 Å². The van der Waals surface area contributed by atoms with Crippen LogP contribution in [0.4, 0.5) is 23.0 Å². The zero-order chi connectivity index (χ0) is 22.2. The Hall–Kier alpha value is -3.66. The fourth-order valence-corrected chi connectivity index (χ4v) is 6.19. The van der Waals surface area contributed by atoms with Crippen LogP contribution < -0.4 is 9.80 Å². The standard InChI is InChI=1S/C29H26N4/c1-28-15-16-29(28,2)27-32(22-11-7-4-8-12-22)25-26(31-18-17-30-25)33(27)24-19-21(13-14-23(24)28)20-9-5-3-6-10-20/h3-5,7-9,11-19,27H,6,10H2,1-2H3. The molecule has 4 aliphatic rings. The molecule has 0 saturated carbocycles. The highest BCUT2D eigenvalue weighted by molar-refractivity contribution is 5.89. The Bertz CT molecular complexity index is 1370. The summed E-state index contributed by atoms with van der Waals surface area (Å²) in [7, 11) is 0. The Morgan fingerprint density at radius 1 is 0.909 bits per heavy atom. The van der Waals surface area contributed by atoms with E-state index in [2.05, 4.69) is 103 Å². The van der Waals surface area contributed by atoms with E-state index < -0.39 is 0 Å². The molecule has 33 heavy (non-hydrogen) atoms. The molecule has 3 aromatic rings. The zero-order valence-electron chi connectivity index (χ0n) is 18.9. The van der Waals surface area contributed by atoms with E-state index in [1.807, 2.05) is 12.4 Å². The number of nitrogens with zero attached hydrogens (tertiary/aromatic N) is 4. The quantitative estimate of drug-likeness (QED) is 0.425. The summed E-state index contributed by atoms with van der Waals surface area (Å²) < 4.78 is 0. The van der Waals surface area contributed by atoms with Crippen LogP contribution in [0.5, 0.6) is 0 Å². The average Bonchev–Trinajstić information content (AvgIpc) is 3.22. The summed E-state index contributed by atoms with van der Waals surface area (Å²) in [5.74, 6) is 1.86. The number of para-hydroxylation sites is 1. The van der Waals surface area contributed by atoms with Crippen molar-refractivity contribution in [1.82, 2.24) is 9.97 Å². The fourth-order valence-electron chi connectivity index (χ4n) is 6.19. The van der Waals surface area contributed by atoms with Gasteiger partial charge in [-0.25, -0.2) is 9.97 Å². The molecule has 2 aromatic carbocycles. The van der Waals surface area contributed by atoms with Crippen LogP contribution in [0.3, 0.4) is 0 Å². The molecule has 4 heteroatoms. The maximum absolute atomic E-state index is 4.87. The second kappa shape index (κ2) is 6.44. The van der Waals surface area contributed by atoms with Gasteiger partial charge in [-0.15, -0.1) is 0 Å². The third kappa shape index (κ3) is 2.31. The van der Waals surface area contributed by atoms with E-state index in [0.717, 1.165) is 30.2 Å². The van der Waals surface area contributed by atoms with Crippen molar-refractivity contribution in [3.8, 4) is 0 Å². The fraction of sp³-hybridized carbons (Fsp3) is 0.241. The molecular formula is C29H26N4. The molecule has 0 saturated heterocycles. The molecule has 7 rings (SSSR count). The minimum Gasteiger partial charge on any atom is -0.301 e. The van der Waals surface area contributed by atoms with Gasteiger partial charge in [0.05, 0.1) is 0 Å².